The Bertz CT molecular complexity index is 2800. The number of rotatable bonds is 19. The van der Waals surface area contributed by atoms with E-state index in [0.29, 0.717) is 12.0 Å². The van der Waals surface area contributed by atoms with Crippen molar-refractivity contribution in [1.82, 2.24) is 15.0 Å². The van der Waals surface area contributed by atoms with E-state index in [1.54, 1.807) is 31.2 Å². The van der Waals surface area contributed by atoms with Crippen LogP contribution >= 0.6 is 19.9 Å². The molecule has 0 unspecified atom stereocenters. The number of carbonyl (C=O) groups is 1. The molecule has 0 saturated carbocycles. The molecule has 5 rings (SSSR count). The third-order valence-corrected chi connectivity index (χ3v) is 11.5. The van der Waals surface area contributed by atoms with Crippen molar-refractivity contribution in [3.8, 4) is 5.75 Å². The van der Waals surface area contributed by atoms with E-state index in [1.807, 2.05) is 0 Å². The van der Waals surface area contributed by atoms with Gasteiger partial charge < -0.3 is 50.6 Å². The zero-order valence-corrected chi connectivity index (χ0v) is 42.3. The van der Waals surface area contributed by atoms with Gasteiger partial charge in [-0.25, -0.2) is 26.2 Å². The van der Waals surface area contributed by atoms with E-state index >= 15 is 0 Å². The first-order chi connectivity index (χ1) is 29.3. The maximum atomic E-state index is 12.9. The molecule has 0 saturated heterocycles. The molecule has 0 fully saturated rings. The van der Waals surface area contributed by atoms with E-state index in [0.717, 1.165) is 18.2 Å². The van der Waals surface area contributed by atoms with Gasteiger partial charge in [-0.2, -0.15) is 19.3 Å². The largest absolute Gasteiger partial charge is 1.00 e. The summed E-state index contributed by atoms with van der Waals surface area (Å²) in [5.74, 6) is -3.41. The molecule has 5 N–H and O–H groups in total. The summed E-state index contributed by atoms with van der Waals surface area (Å²) >= 11 is 0.457. The van der Waals surface area contributed by atoms with Crippen molar-refractivity contribution in [3.63, 3.8) is 0 Å². The number of carboxylic acids is 1. The second-order valence-electron chi connectivity index (χ2n) is 12.1. The van der Waals surface area contributed by atoms with Crippen molar-refractivity contribution in [1.29, 1.82) is 0 Å². The summed E-state index contributed by atoms with van der Waals surface area (Å²) in [7, 11) is -14.4. The Morgan fingerprint density at radius 2 is 1.69 bits per heavy atom. The number of hydrogen-bond acceptors (Lipinski definition) is 20. The van der Waals surface area contributed by atoms with Gasteiger partial charge in [0.2, 0.25) is 11.9 Å². The molecule has 0 spiro atoms. The number of azo groups is 1. The molecule has 1 heterocycles. The Kier molecular flexibility index (Phi) is 22.7. The van der Waals surface area contributed by atoms with Gasteiger partial charge in [0.1, 0.15) is 27.4 Å². The molecule has 1 aromatic heterocycles. The van der Waals surface area contributed by atoms with Gasteiger partial charge in [-0.1, -0.05) is 42.5 Å². The molecule has 0 aliphatic heterocycles. The second-order valence-corrected chi connectivity index (χ2v) is 17.6. The number of carboxylic acid groups (broad SMARTS) is 1. The van der Waals surface area contributed by atoms with Crippen molar-refractivity contribution >= 4 is 86.3 Å². The van der Waals surface area contributed by atoms with Gasteiger partial charge in [0.15, 0.2) is 15.7 Å². The van der Waals surface area contributed by atoms with Crippen LogP contribution in [-0.2, 0) is 55.5 Å². The zero-order valence-electron chi connectivity index (χ0n) is 34.0. The monoisotopic (exact) mass is 1040 g/mol. The number of aromatic nitrogens is 3. The van der Waals surface area contributed by atoms with Crippen LogP contribution in [0.25, 0.3) is 5.43 Å². The van der Waals surface area contributed by atoms with E-state index in [1.165, 1.54) is 54.3 Å². The fourth-order valence-electron chi connectivity index (χ4n) is 5.20. The molecule has 0 atom stereocenters. The summed E-state index contributed by atoms with van der Waals surface area (Å²) in [6.45, 7) is 2.60. The van der Waals surface area contributed by atoms with Crippen LogP contribution in [0.1, 0.15) is 28.7 Å². The van der Waals surface area contributed by atoms with Crippen molar-refractivity contribution in [2.24, 2.45) is 15.3 Å². The summed E-state index contributed by atoms with van der Waals surface area (Å²) in [6.07, 6.45) is 0. The van der Waals surface area contributed by atoms with Gasteiger partial charge in [-0.3, -0.25) is 9.56 Å². The van der Waals surface area contributed by atoms with E-state index in [4.69, 9.17) is 9.79 Å². The van der Waals surface area contributed by atoms with Gasteiger partial charge >= 0.3 is 90.0 Å². The molecule has 0 aliphatic carbocycles. The number of nitrogens with zero attached hydrogens (tertiary/aromatic N) is 8. The Hall–Kier alpha value is -3.45. The number of aromatic hydroxyl groups is 1. The minimum Gasteiger partial charge on any atom is -0.744 e. The number of aromatic carboxylic acids is 1. The number of anilines is 4. The number of hydrogen-bond donors (Lipinski definition) is 5. The average molecular weight is 1040 g/mol. The number of aryl methyl sites for hydroxylation is 1. The second kappa shape index (κ2) is 25.6. The molecule has 65 heavy (non-hydrogen) atoms. The fraction of sp³-hybridized carbons (Fsp3) is 0.147. The van der Waals surface area contributed by atoms with E-state index in [-0.39, 0.29) is 144 Å². The smallest absolute Gasteiger partial charge is 0.744 e. The molecule has 5 aromatic rings. The van der Waals surface area contributed by atoms with Crippen LogP contribution in [0.5, 0.6) is 5.75 Å². The van der Waals surface area contributed by atoms with Crippen LogP contribution in [-0.4, -0.2) is 87.0 Å². The Morgan fingerprint density at radius 1 is 0.985 bits per heavy atom. The number of nitrogens with one attached hydrogen (secondary N) is 1. The fourth-order valence-corrected chi connectivity index (χ4v) is 7.82. The number of phenols is 1. The Labute approximate surface area is 429 Å². The summed E-state index contributed by atoms with van der Waals surface area (Å²) in [5.41, 5.74) is 2.92. The molecule has 0 amide bonds. The molecule has 4 aromatic carbocycles. The predicted octanol–water partition coefficient (Wildman–Crippen LogP) is -1.34. The average Bonchev–Trinajstić information content (AvgIpc) is 3.20. The quantitative estimate of drug-likeness (QED) is 0.00735. The van der Waals surface area contributed by atoms with Crippen LogP contribution in [0.2, 0.25) is 0 Å². The number of phosphoric acid groups is 1. The molecule has 338 valence electrons. The minimum absolute atomic E-state index is 0. The van der Waals surface area contributed by atoms with Crippen LogP contribution in [0.15, 0.2) is 115 Å². The maximum Gasteiger partial charge on any atom is 1.00 e. The Morgan fingerprint density at radius 3 is 2.32 bits per heavy atom. The molecular weight excluding hydrogens is 1010 g/mol. The van der Waals surface area contributed by atoms with Gasteiger partial charge in [0.05, 0.1) is 34.2 Å². The van der Waals surface area contributed by atoms with Crippen LogP contribution in [0, 0.1) is 6.92 Å². The van der Waals surface area contributed by atoms with E-state index in [2.05, 4.69) is 54.9 Å². The van der Waals surface area contributed by atoms with Crippen LogP contribution in [0.3, 0.4) is 0 Å². The number of amidine groups is 1. The molecule has 24 nitrogen and oxygen atoms in total. The maximum absolute atomic E-state index is 12.9. The molecule has 0 aliphatic rings. The molecule has 31 heteroatoms. The van der Waals surface area contributed by atoms with Gasteiger partial charge in [0, 0.05) is 40.0 Å². The molecular formula is C34H31CuN9Na2O15PS3. The SMILES string of the molecule is CCN(c1cccc(S(=O)(=O)CCOP(=O)(O)O)c1)c1nc(C)nc(Nc2cc(O)c(N=N/C(=N\[N-]c3cc(SOO[O-])ccc3C(=O)O)c3ccccc3)c(S(=O)(=O)[O-])c2)n1.[Cu+].[Na+].[Na+]. The standard InChI is InChI=1S/C34H34N9O15PS3.Cu.2Na/c1-3-43(23-10-7-11-25(18-23)61(51,52)15-14-56-59(48,49)50)34-36-20(2)35-33(38-34)37-22-16-28(44)30(29(17-22)62(53,54)55)40-42-31(21-8-5-4-6-9-21)41-39-27-19-24(60-58-57-47)12-13-26(27)32(45)46;;;/h4-13,16-19H,3,14-15H2,1-2H3,(H8,35,36,37,38,39,40,41,42,44,45,46,47,48,49,50,53,54,55);;;/q;3*+1/p-3. The topological polar surface area (TPSA) is 362 Å². The van der Waals surface area contributed by atoms with Crippen LogP contribution in [0.4, 0.5) is 34.6 Å². The summed E-state index contributed by atoms with van der Waals surface area (Å²) < 4.78 is 83.1. The number of phosphoric ester groups is 1. The Balaban J connectivity index is 0.00000484. The summed E-state index contributed by atoms with van der Waals surface area (Å²) in [6, 6.07) is 18.9. The minimum atomic E-state index is -5.40. The van der Waals surface area contributed by atoms with Crippen LogP contribution < -0.4 is 74.6 Å². The van der Waals surface area contributed by atoms with Gasteiger partial charge in [-0.05, 0) is 50.2 Å². The van der Waals surface area contributed by atoms with E-state index in [9.17, 15) is 46.2 Å². The first-order valence-corrected chi connectivity index (χ1v) is 22.5. The number of benzene rings is 4. The first-order valence-electron chi connectivity index (χ1n) is 17.2. The van der Waals surface area contributed by atoms with E-state index < -0.39 is 62.4 Å². The first kappa shape index (κ1) is 57.7. The normalized spacial score (nSPS) is 11.8. The number of phenolic OH excluding ortho intramolecular Hbond substituents is 1. The predicted molar refractivity (Wildman–Crippen MR) is 215 cm³/mol. The third kappa shape index (κ3) is 16.7. The number of sulfone groups is 1. The van der Waals surface area contributed by atoms with Gasteiger partial charge in [0.25, 0.3) is 0 Å². The summed E-state index contributed by atoms with van der Waals surface area (Å²) in [4.78, 5) is 43.0. The summed E-state index contributed by atoms with van der Waals surface area (Å²) in [5, 5.41) is 48.8. The van der Waals surface area contributed by atoms with Crippen molar-refractivity contribution < 1.29 is 146 Å². The third-order valence-electron chi connectivity index (χ3n) is 7.86. The van der Waals surface area contributed by atoms with Crippen molar-refractivity contribution in [2.45, 2.75) is 28.5 Å². The zero-order chi connectivity index (χ0) is 45.2. The van der Waals surface area contributed by atoms with Crippen molar-refractivity contribution in [2.75, 3.05) is 29.1 Å². The van der Waals surface area contributed by atoms with Crippen molar-refractivity contribution in [3.05, 3.63) is 107 Å². The molecule has 0 bridgehead atoms. The molecule has 0 radical (unpaired) electrons. The van der Waals surface area contributed by atoms with Gasteiger partial charge in [-0.15, -0.1) is 15.9 Å².